The molecule has 0 radical (unpaired) electrons. The molecule has 0 bridgehead atoms. The van der Waals surface area contributed by atoms with Gasteiger partial charge in [-0.3, -0.25) is 0 Å². The van der Waals surface area contributed by atoms with Crippen LogP contribution in [0.2, 0.25) is 0 Å². The van der Waals surface area contributed by atoms with Crippen LogP contribution in [0.15, 0.2) is 30.3 Å². The number of hydrogen-bond donors (Lipinski definition) is 2. The van der Waals surface area contributed by atoms with Crippen LogP contribution in [0.25, 0.3) is 0 Å². The van der Waals surface area contributed by atoms with Crippen molar-refractivity contribution in [3.05, 3.63) is 35.9 Å². The molecule has 0 aromatic heterocycles. The number of halogens is 1. The topological polar surface area (TPSA) is 24.7 Å². The van der Waals surface area contributed by atoms with Crippen molar-refractivity contribution in [1.29, 1.82) is 0 Å². The highest BCUT2D eigenvalue weighted by Gasteiger charge is 2.10. The molecule has 3 heteroatoms. The van der Waals surface area contributed by atoms with Crippen molar-refractivity contribution in [1.82, 2.24) is 0 Å². The van der Waals surface area contributed by atoms with Gasteiger partial charge in [-0.25, -0.2) is 0 Å². The van der Waals surface area contributed by atoms with Gasteiger partial charge in [-0.2, -0.15) is 0 Å². The minimum Gasteiger partial charge on any atom is -1.00 e. The van der Waals surface area contributed by atoms with Crippen LogP contribution in [0.4, 0.5) is 0 Å². The molecule has 0 aliphatic heterocycles. The van der Waals surface area contributed by atoms with Crippen molar-refractivity contribution in [3.8, 4) is 0 Å². The first kappa shape index (κ1) is 16.4. The molecule has 0 saturated heterocycles. The summed E-state index contributed by atoms with van der Waals surface area (Å²) in [6.07, 6.45) is 0.898. The van der Waals surface area contributed by atoms with Gasteiger partial charge in [0, 0.05) is 24.5 Å². The maximum absolute atomic E-state index is 8.90. The van der Waals surface area contributed by atoms with Gasteiger partial charge < -0.3 is 22.4 Å². The lowest BCUT2D eigenvalue weighted by atomic mass is 10.1. The highest BCUT2D eigenvalue weighted by atomic mass is 35.5. The quantitative estimate of drug-likeness (QED) is 0.587. The molecule has 2 N–H and O–H groups in total. The molecular formula is C14H24ClNO. The normalized spacial score (nSPS) is 12.2. The molecule has 1 rings (SSSR count). The van der Waals surface area contributed by atoms with E-state index in [1.54, 1.807) is 4.90 Å². The average molecular weight is 258 g/mol. The second-order valence-electron chi connectivity index (χ2n) is 4.84. The number of aliphatic hydroxyl groups is 1. The van der Waals surface area contributed by atoms with Crippen molar-refractivity contribution in [2.45, 2.75) is 26.8 Å². The van der Waals surface area contributed by atoms with E-state index in [1.165, 1.54) is 12.1 Å². The Hall–Kier alpha value is -0.570. The Bertz CT molecular complexity index is 277. The summed E-state index contributed by atoms with van der Waals surface area (Å²) in [4.78, 5) is 1.57. The lowest BCUT2D eigenvalue weighted by Crippen LogP contribution is -3.11. The van der Waals surface area contributed by atoms with Gasteiger partial charge in [0.2, 0.25) is 0 Å². The fourth-order valence-electron chi connectivity index (χ4n) is 2.05. The predicted molar refractivity (Wildman–Crippen MR) is 67.4 cm³/mol. The van der Waals surface area contributed by atoms with E-state index < -0.39 is 0 Å². The van der Waals surface area contributed by atoms with Crippen LogP contribution in [-0.2, 0) is 6.54 Å². The fourth-order valence-corrected chi connectivity index (χ4v) is 2.05. The van der Waals surface area contributed by atoms with E-state index in [9.17, 15) is 0 Å². The number of quaternary nitrogens is 1. The lowest BCUT2D eigenvalue weighted by molar-refractivity contribution is -0.917. The van der Waals surface area contributed by atoms with Gasteiger partial charge in [-0.1, -0.05) is 44.2 Å². The standard InChI is InChI=1S/C14H23NO.ClH/c1-13(2)11-15(9-6-10-16)12-14-7-4-3-5-8-14;/h3-5,7-8,13,16H,6,9-12H2,1-2H3;1H. The Balaban J connectivity index is 0.00000256. The third-order valence-electron chi connectivity index (χ3n) is 2.68. The van der Waals surface area contributed by atoms with Crippen molar-refractivity contribution >= 4 is 0 Å². The highest BCUT2D eigenvalue weighted by Crippen LogP contribution is 1.96. The van der Waals surface area contributed by atoms with E-state index in [0.717, 1.165) is 19.5 Å². The first-order valence-corrected chi connectivity index (χ1v) is 6.20. The highest BCUT2D eigenvalue weighted by molar-refractivity contribution is 5.13. The van der Waals surface area contributed by atoms with Crippen LogP contribution in [0.1, 0.15) is 25.8 Å². The fraction of sp³-hybridized carbons (Fsp3) is 0.571. The van der Waals surface area contributed by atoms with E-state index in [0.29, 0.717) is 12.5 Å². The van der Waals surface area contributed by atoms with Gasteiger partial charge >= 0.3 is 0 Å². The van der Waals surface area contributed by atoms with Crippen molar-refractivity contribution in [2.24, 2.45) is 5.92 Å². The third kappa shape index (κ3) is 7.37. The zero-order valence-electron chi connectivity index (χ0n) is 10.8. The number of rotatable bonds is 7. The van der Waals surface area contributed by atoms with Crippen LogP contribution >= 0.6 is 0 Å². The summed E-state index contributed by atoms with van der Waals surface area (Å²) in [5, 5.41) is 8.90. The van der Waals surface area contributed by atoms with Gasteiger partial charge in [-0.15, -0.1) is 0 Å². The Morgan fingerprint density at radius 3 is 2.35 bits per heavy atom. The van der Waals surface area contributed by atoms with Gasteiger partial charge in [-0.05, 0) is 0 Å². The zero-order valence-corrected chi connectivity index (χ0v) is 11.6. The van der Waals surface area contributed by atoms with Gasteiger partial charge in [0.25, 0.3) is 0 Å². The van der Waals surface area contributed by atoms with Crippen molar-refractivity contribution in [3.63, 3.8) is 0 Å². The molecule has 2 nitrogen and oxygen atoms in total. The second-order valence-corrected chi connectivity index (χ2v) is 4.84. The summed E-state index contributed by atoms with van der Waals surface area (Å²) >= 11 is 0. The summed E-state index contributed by atoms with van der Waals surface area (Å²) in [5.41, 5.74) is 1.39. The van der Waals surface area contributed by atoms with Gasteiger partial charge in [0.1, 0.15) is 6.54 Å². The monoisotopic (exact) mass is 257 g/mol. The Labute approximate surface area is 111 Å². The summed E-state index contributed by atoms with van der Waals surface area (Å²) in [5.74, 6) is 0.706. The van der Waals surface area contributed by atoms with Crippen LogP contribution in [0.5, 0.6) is 0 Å². The number of nitrogens with one attached hydrogen (secondary N) is 1. The number of aliphatic hydroxyl groups excluding tert-OH is 1. The molecule has 0 spiro atoms. The molecule has 17 heavy (non-hydrogen) atoms. The predicted octanol–water partition coefficient (Wildman–Crippen LogP) is -1.89. The van der Waals surface area contributed by atoms with Crippen LogP contribution < -0.4 is 17.3 Å². The Kier molecular flexibility index (Phi) is 9.14. The molecule has 1 aromatic carbocycles. The van der Waals surface area contributed by atoms with Gasteiger partial charge in [0.05, 0.1) is 13.1 Å². The Morgan fingerprint density at radius 1 is 1.18 bits per heavy atom. The molecule has 0 aliphatic carbocycles. The first-order valence-electron chi connectivity index (χ1n) is 6.20. The van der Waals surface area contributed by atoms with Gasteiger partial charge in [0.15, 0.2) is 0 Å². The summed E-state index contributed by atoms with van der Waals surface area (Å²) < 4.78 is 0. The molecule has 0 saturated carbocycles. The average Bonchev–Trinajstić information content (AvgIpc) is 2.26. The molecule has 0 amide bonds. The Morgan fingerprint density at radius 2 is 1.82 bits per heavy atom. The molecule has 1 aromatic rings. The molecule has 1 atom stereocenters. The van der Waals surface area contributed by atoms with Crippen molar-refractivity contribution in [2.75, 3.05) is 19.7 Å². The van der Waals surface area contributed by atoms with E-state index in [1.807, 2.05) is 0 Å². The summed E-state index contributed by atoms with van der Waals surface area (Å²) in [7, 11) is 0. The molecule has 0 fully saturated rings. The molecule has 0 heterocycles. The summed E-state index contributed by atoms with van der Waals surface area (Å²) in [6, 6.07) is 10.6. The first-order chi connectivity index (χ1) is 7.72. The molecule has 0 aliphatic rings. The lowest BCUT2D eigenvalue weighted by Gasteiger charge is -2.21. The van der Waals surface area contributed by atoms with E-state index >= 15 is 0 Å². The minimum atomic E-state index is 0. The zero-order chi connectivity index (χ0) is 11.8. The van der Waals surface area contributed by atoms with Crippen LogP contribution in [0, 0.1) is 5.92 Å². The molecule has 1 unspecified atom stereocenters. The number of benzene rings is 1. The largest absolute Gasteiger partial charge is 1.00 e. The van der Waals surface area contributed by atoms with E-state index in [4.69, 9.17) is 5.11 Å². The number of hydrogen-bond acceptors (Lipinski definition) is 1. The second kappa shape index (κ2) is 9.46. The van der Waals surface area contributed by atoms with Crippen LogP contribution in [0.3, 0.4) is 0 Å². The van der Waals surface area contributed by atoms with E-state index in [-0.39, 0.29) is 12.4 Å². The smallest absolute Gasteiger partial charge is 0.103 e. The minimum absolute atomic E-state index is 0. The SMILES string of the molecule is CC(C)C[NH+](CCCO)Cc1ccccc1.[Cl-]. The third-order valence-corrected chi connectivity index (χ3v) is 2.68. The molecule has 98 valence electrons. The maximum Gasteiger partial charge on any atom is 0.103 e. The van der Waals surface area contributed by atoms with Crippen LogP contribution in [-0.4, -0.2) is 24.8 Å². The van der Waals surface area contributed by atoms with E-state index in [2.05, 4.69) is 44.2 Å². The maximum atomic E-state index is 8.90. The molecular weight excluding hydrogens is 234 g/mol. The van der Waals surface area contributed by atoms with Crippen molar-refractivity contribution < 1.29 is 22.4 Å². The summed E-state index contributed by atoms with van der Waals surface area (Å²) in [6.45, 7) is 8.11.